The molecule has 0 fully saturated rings. The topological polar surface area (TPSA) is 29.9 Å². The number of aromatic nitrogens is 2. The van der Waals surface area contributed by atoms with Gasteiger partial charge in [-0.3, -0.25) is 0 Å². The molecule has 5 heteroatoms. The summed E-state index contributed by atoms with van der Waals surface area (Å²) in [5.74, 6) is 1.11. The van der Waals surface area contributed by atoms with Crippen molar-refractivity contribution in [1.82, 2.24) is 9.78 Å². The predicted octanol–water partition coefficient (Wildman–Crippen LogP) is 5.97. The van der Waals surface area contributed by atoms with Crippen molar-refractivity contribution in [2.45, 2.75) is 31.1 Å². The molecule has 2 heterocycles. The molecular formula is C21H22ClN3S. The third-order valence-electron chi connectivity index (χ3n) is 4.89. The Kier molecular flexibility index (Phi) is 4.96. The zero-order chi connectivity index (χ0) is 18.1. The first-order valence-corrected chi connectivity index (χ1v) is 10.5. The number of thioether (sulfide) groups is 1. The molecular weight excluding hydrogens is 362 g/mol. The Morgan fingerprint density at radius 1 is 1.15 bits per heavy atom. The van der Waals surface area contributed by atoms with Gasteiger partial charge in [0.15, 0.2) is 0 Å². The number of rotatable bonds is 3. The van der Waals surface area contributed by atoms with E-state index in [1.165, 1.54) is 28.9 Å². The van der Waals surface area contributed by atoms with E-state index >= 15 is 0 Å². The summed E-state index contributed by atoms with van der Waals surface area (Å²) in [5, 5.41) is 9.41. The van der Waals surface area contributed by atoms with Crippen molar-refractivity contribution in [3.63, 3.8) is 0 Å². The standard InChI is InChI=1S/C21H22ClN3S/c1-14-10-11-15(22)13-18(14)25-21-17(8-5-6-12-23-21)20(24-25)16-7-3-4-9-19(16)26-2/h3-4,7,9-11,13,23H,5-6,8,12H2,1-2H3. The molecule has 0 saturated heterocycles. The minimum absolute atomic E-state index is 0.731. The summed E-state index contributed by atoms with van der Waals surface area (Å²) in [7, 11) is 0. The summed E-state index contributed by atoms with van der Waals surface area (Å²) in [4.78, 5) is 1.26. The molecule has 0 bridgehead atoms. The van der Waals surface area contributed by atoms with Crippen LogP contribution in [-0.2, 0) is 6.42 Å². The van der Waals surface area contributed by atoms with E-state index in [0.29, 0.717) is 0 Å². The zero-order valence-electron chi connectivity index (χ0n) is 15.1. The molecule has 1 aliphatic heterocycles. The van der Waals surface area contributed by atoms with E-state index in [9.17, 15) is 0 Å². The van der Waals surface area contributed by atoms with Gasteiger partial charge in [-0.25, -0.2) is 4.68 Å². The van der Waals surface area contributed by atoms with Crippen molar-refractivity contribution >= 4 is 29.2 Å². The molecule has 3 nitrogen and oxygen atoms in total. The average Bonchev–Trinajstić information content (AvgIpc) is 2.84. The minimum atomic E-state index is 0.731. The lowest BCUT2D eigenvalue weighted by atomic mass is 10.0. The Bertz CT molecular complexity index is 948. The van der Waals surface area contributed by atoms with Gasteiger partial charge < -0.3 is 5.32 Å². The number of fused-ring (bicyclic) bond motifs is 1. The summed E-state index contributed by atoms with van der Waals surface area (Å²) in [6, 6.07) is 14.5. The van der Waals surface area contributed by atoms with Gasteiger partial charge in [-0.05, 0) is 56.2 Å². The Morgan fingerprint density at radius 3 is 2.85 bits per heavy atom. The molecule has 0 atom stereocenters. The number of hydrogen-bond donors (Lipinski definition) is 1. The number of nitrogens with one attached hydrogen (secondary N) is 1. The minimum Gasteiger partial charge on any atom is -0.370 e. The fourth-order valence-corrected chi connectivity index (χ4v) is 4.31. The van der Waals surface area contributed by atoms with Crippen LogP contribution in [0, 0.1) is 6.92 Å². The van der Waals surface area contributed by atoms with E-state index in [-0.39, 0.29) is 0 Å². The van der Waals surface area contributed by atoms with Crippen molar-refractivity contribution in [2.75, 3.05) is 18.1 Å². The van der Waals surface area contributed by atoms with E-state index < -0.39 is 0 Å². The summed E-state index contributed by atoms with van der Waals surface area (Å²) in [5.41, 5.74) is 5.80. The second-order valence-electron chi connectivity index (χ2n) is 6.60. The van der Waals surface area contributed by atoms with Crippen molar-refractivity contribution in [3.8, 4) is 16.9 Å². The van der Waals surface area contributed by atoms with Crippen LogP contribution in [0.4, 0.5) is 5.82 Å². The van der Waals surface area contributed by atoms with E-state index in [1.54, 1.807) is 11.8 Å². The molecule has 1 N–H and O–H groups in total. The lowest BCUT2D eigenvalue weighted by Crippen LogP contribution is -2.08. The number of hydrogen-bond acceptors (Lipinski definition) is 3. The molecule has 0 amide bonds. The first kappa shape index (κ1) is 17.5. The molecule has 2 aromatic carbocycles. The quantitative estimate of drug-likeness (QED) is 0.565. The molecule has 1 aromatic heterocycles. The molecule has 134 valence electrons. The maximum Gasteiger partial charge on any atom is 0.133 e. The maximum absolute atomic E-state index is 6.29. The first-order chi connectivity index (χ1) is 12.7. The fraction of sp³-hybridized carbons (Fsp3) is 0.286. The van der Waals surface area contributed by atoms with Gasteiger partial charge in [-0.15, -0.1) is 11.8 Å². The van der Waals surface area contributed by atoms with Gasteiger partial charge in [0.1, 0.15) is 5.82 Å². The number of halogens is 1. The number of anilines is 1. The van der Waals surface area contributed by atoms with Crippen LogP contribution in [0.3, 0.4) is 0 Å². The predicted molar refractivity (Wildman–Crippen MR) is 112 cm³/mol. The summed E-state index contributed by atoms with van der Waals surface area (Å²) in [6.45, 7) is 3.08. The number of benzene rings is 2. The van der Waals surface area contributed by atoms with Gasteiger partial charge >= 0.3 is 0 Å². The smallest absolute Gasteiger partial charge is 0.133 e. The summed E-state index contributed by atoms with van der Waals surface area (Å²) >= 11 is 8.05. The van der Waals surface area contributed by atoms with Crippen LogP contribution >= 0.6 is 23.4 Å². The van der Waals surface area contributed by atoms with Gasteiger partial charge in [0, 0.05) is 27.6 Å². The van der Waals surface area contributed by atoms with Crippen LogP contribution in [0.25, 0.3) is 16.9 Å². The highest BCUT2D eigenvalue weighted by Crippen LogP contribution is 2.38. The van der Waals surface area contributed by atoms with Crippen LogP contribution in [-0.4, -0.2) is 22.6 Å². The fourth-order valence-electron chi connectivity index (χ4n) is 3.54. The SMILES string of the molecule is CSc1ccccc1-c1nn(-c2cc(Cl)ccc2C)c2c1CCCCN2. The molecule has 3 aromatic rings. The van der Waals surface area contributed by atoms with Gasteiger partial charge in [0.05, 0.1) is 11.4 Å². The van der Waals surface area contributed by atoms with E-state index in [0.717, 1.165) is 40.8 Å². The van der Waals surface area contributed by atoms with Gasteiger partial charge in [0.25, 0.3) is 0 Å². The van der Waals surface area contributed by atoms with Gasteiger partial charge in [-0.2, -0.15) is 5.10 Å². The first-order valence-electron chi connectivity index (χ1n) is 8.94. The molecule has 0 aliphatic carbocycles. The second kappa shape index (κ2) is 7.37. The van der Waals surface area contributed by atoms with Crippen LogP contribution in [0.5, 0.6) is 0 Å². The Balaban J connectivity index is 1.97. The molecule has 0 unspecified atom stereocenters. The van der Waals surface area contributed by atoms with E-state index in [4.69, 9.17) is 16.7 Å². The molecule has 0 spiro atoms. The van der Waals surface area contributed by atoms with E-state index in [2.05, 4.69) is 48.8 Å². The summed E-state index contributed by atoms with van der Waals surface area (Å²) in [6.07, 6.45) is 5.51. The van der Waals surface area contributed by atoms with Crippen LogP contribution in [0.2, 0.25) is 5.02 Å². The normalized spacial score (nSPS) is 13.8. The third-order valence-corrected chi connectivity index (χ3v) is 5.92. The highest BCUT2D eigenvalue weighted by Gasteiger charge is 2.23. The van der Waals surface area contributed by atoms with Crippen LogP contribution in [0.1, 0.15) is 24.0 Å². The molecule has 0 saturated carbocycles. The zero-order valence-corrected chi connectivity index (χ0v) is 16.6. The monoisotopic (exact) mass is 383 g/mol. The molecule has 4 rings (SSSR count). The summed E-state index contributed by atoms with van der Waals surface area (Å²) < 4.78 is 2.05. The number of aryl methyl sites for hydroxylation is 1. The van der Waals surface area contributed by atoms with Crippen LogP contribution in [0.15, 0.2) is 47.4 Å². The third kappa shape index (κ3) is 3.12. The maximum atomic E-state index is 6.29. The van der Waals surface area contributed by atoms with Gasteiger partial charge in [-0.1, -0.05) is 35.9 Å². The van der Waals surface area contributed by atoms with Crippen molar-refractivity contribution in [1.29, 1.82) is 0 Å². The largest absolute Gasteiger partial charge is 0.370 e. The Morgan fingerprint density at radius 2 is 2.00 bits per heavy atom. The lowest BCUT2D eigenvalue weighted by molar-refractivity contribution is 0.779. The highest BCUT2D eigenvalue weighted by molar-refractivity contribution is 7.98. The van der Waals surface area contributed by atoms with E-state index in [1.807, 2.05) is 16.8 Å². The Labute approximate surface area is 163 Å². The second-order valence-corrected chi connectivity index (χ2v) is 7.89. The highest BCUT2D eigenvalue weighted by atomic mass is 35.5. The molecule has 1 aliphatic rings. The average molecular weight is 384 g/mol. The lowest BCUT2D eigenvalue weighted by Gasteiger charge is -2.12. The van der Waals surface area contributed by atoms with Gasteiger partial charge in [0.2, 0.25) is 0 Å². The van der Waals surface area contributed by atoms with Crippen LogP contribution < -0.4 is 5.32 Å². The van der Waals surface area contributed by atoms with Crippen molar-refractivity contribution in [3.05, 3.63) is 58.6 Å². The van der Waals surface area contributed by atoms with Crippen molar-refractivity contribution < 1.29 is 0 Å². The van der Waals surface area contributed by atoms with Crippen molar-refractivity contribution in [2.24, 2.45) is 0 Å². The number of nitrogens with zero attached hydrogens (tertiary/aromatic N) is 2. The Hall–Kier alpha value is -1.91. The molecule has 26 heavy (non-hydrogen) atoms. The molecule has 0 radical (unpaired) electrons.